The van der Waals surface area contributed by atoms with Crippen molar-refractivity contribution >= 4 is 16.8 Å². The molecule has 0 spiro atoms. The quantitative estimate of drug-likeness (QED) is 0.753. The highest BCUT2D eigenvalue weighted by Crippen LogP contribution is 2.17. The van der Waals surface area contributed by atoms with Gasteiger partial charge in [0.25, 0.3) is 11.5 Å². The Balaban J connectivity index is 1.64. The molecule has 0 fully saturated rings. The first-order chi connectivity index (χ1) is 11.2. The second-order valence-electron chi connectivity index (χ2n) is 5.24. The van der Waals surface area contributed by atoms with Crippen LogP contribution in [0.3, 0.4) is 0 Å². The maximum absolute atomic E-state index is 12.1. The molecule has 3 aromatic rings. The van der Waals surface area contributed by atoms with E-state index < -0.39 is 0 Å². The Morgan fingerprint density at radius 1 is 1.26 bits per heavy atom. The van der Waals surface area contributed by atoms with Crippen molar-refractivity contribution in [3.8, 4) is 0 Å². The largest absolute Gasteiger partial charge is 0.361 e. The molecule has 118 valence electrons. The van der Waals surface area contributed by atoms with Crippen LogP contribution in [-0.2, 0) is 13.0 Å². The molecular weight excluding hydrogens is 292 g/mol. The number of amides is 1. The molecule has 0 unspecified atom stereocenters. The summed E-state index contributed by atoms with van der Waals surface area (Å²) in [4.78, 5) is 26.8. The summed E-state index contributed by atoms with van der Waals surface area (Å²) in [6.07, 6.45) is 2.69. The Morgan fingerprint density at radius 3 is 2.91 bits per heavy atom. The minimum Gasteiger partial charge on any atom is -0.361 e. The van der Waals surface area contributed by atoms with Crippen molar-refractivity contribution in [1.82, 2.24) is 20.1 Å². The van der Waals surface area contributed by atoms with Crippen molar-refractivity contribution in [2.24, 2.45) is 0 Å². The van der Waals surface area contributed by atoms with Crippen molar-refractivity contribution in [3.63, 3.8) is 0 Å². The summed E-state index contributed by atoms with van der Waals surface area (Å²) in [7, 11) is 0. The van der Waals surface area contributed by atoms with Crippen molar-refractivity contribution in [2.75, 3.05) is 6.54 Å². The zero-order valence-electron chi connectivity index (χ0n) is 12.9. The highest BCUT2D eigenvalue weighted by molar-refractivity contribution is 5.92. The fraction of sp³-hybridized carbons (Fsp3) is 0.235. The number of carbonyl (C=O) groups is 1. The second-order valence-corrected chi connectivity index (χ2v) is 5.24. The number of fused-ring (bicyclic) bond motifs is 1. The van der Waals surface area contributed by atoms with Crippen LogP contribution in [0.1, 0.15) is 23.0 Å². The highest BCUT2D eigenvalue weighted by atomic mass is 16.2. The lowest BCUT2D eigenvalue weighted by atomic mass is 10.1. The Bertz CT molecular complexity index is 895. The summed E-state index contributed by atoms with van der Waals surface area (Å²) in [6.45, 7) is 2.76. The first-order valence-electron chi connectivity index (χ1n) is 7.60. The summed E-state index contributed by atoms with van der Waals surface area (Å²) >= 11 is 0. The molecule has 23 heavy (non-hydrogen) atoms. The van der Waals surface area contributed by atoms with E-state index in [-0.39, 0.29) is 17.2 Å². The smallest absolute Gasteiger partial charge is 0.271 e. The molecule has 3 rings (SSSR count). The standard InChI is InChI=1S/C17H18N4O2/c1-2-21-16(22)8-7-15(20-21)17(23)18-10-9-12-11-19-14-6-4-3-5-13(12)14/h3-8,11,19H,2,9-10H2,1H3,(H,18,23). The Hall–Kier alpha value is -2.89. The summed E-state index contributed by atoms with van der Waals surface area (Å²) in [6, 6.07) is 10.9. The lowest BCUT2D eigenvalue weighted by Gasteiger charge is -2.06. The normalized spacial score (nSPS) is 10.8. The van der Waals surface area contributed by atoms with Crippen LogP contribution in [0.25, 0.3) is 10.9 Å². The average Bonchev–Trinajstić information content (AvgIpc) is 2.98. The van der Waals surface area contributed by atoms with Crippen molar-refractivity contribution < 1.29 is 4.79 Å². The fourth-order valence-electron chi connectivity index (χ4n) is 2.54. The van der Waals surface area contributed by atoms with Crippen molar-refractivity contribution in [2.45, 2.75) is 19.9 Å². The fourth-order valence-corrected chi connectivity index (χ4v) is 2.54. The number of hydrogen-bond donors (Lipinski definition) is 2. The van der Waals surface area contributed by atoms with Gasteiger partial charge in [-0.25, -0.2) is 4.68 Å². The van der Waals surface area contributed by atoms with Gasteiger partial charge in [0.05, 0.1) is 0 Å². The van der Waals surface area contributed by atoms with E-state index in [1.54, 1.807) is 0 Å². The van der Waals surface area contributed by atoms with Gasteiger partial charge < -0.3 is 10.3 Å². The van der Waals surface area contributed by atoms with Crippen molar-refractivity contribution in [3.05, 3.63) is 64.2 Å². The first kappa shape index (κ1) is 15.0. The number of nitrogens with one attached hydrogen (secondary N) is 2. The third-order valence-corrected chi connectivity index (χ3v) is 3.75. The van der Waals surface area contributed by atoms with Crippen LogP contribution in [0, 0.1) is 0 Å². The van der Waals surface area contributed by atoms with Crippen LogP contribution in [0.4, 0.5) is 0 Å². The summed E-state index contributed by atoms with van der Waals surface area (Å²) < 4.78 is 1.27. The molecular formula is C17H18N4O2. The molecule has 6 heteroatoms. The van der Waals surface area contributed by atoms with Gasteiger partial charge in [-0.2, -0.15) is 5.10 Å². The predicted octanol–water partition coefficient (Wildman–Crippen LogP) is 1.72. The van der Waals surface area contributed by atoms with E-state index in [2.05, 4.69) is 21.5 Å². The summed E-state index contributed by atoms with van der Waals surface area (Å²) in [5.74, 6) is -0.271. The maximum Gasteiger partial charge on any atom is 0.271 e. The number of H-pyrrole nitrogens is 1. The number of hydrogen-bond acceptors (Lipinski definition) is 3. The highest BCUT2D eigenvalue weighted by Gasteiger charge is 2.09. The minimum absolute atomic E-state index is 0.206. The minimum atomic E-state index is -0.271. The lowest BCUT2D eigenvalue weighted by molar-refractivity contribution is 0.0946. The van der Waals surface area contributed by atoms with Gasteiger partial charge in [-0.15, -0.1) is 0 Å². The number of aromatic nitrogens is 3. The molecule has 2 N–H and O–H groups in total. The molecule has 0 aliphatic heterocycles. The number of para-hydroxylation sites is 1. The van der Waals surface area contributed by atoms with E-state index in [0.29, 0.717) is 13.1 Å². The van der Waals surface area contributed by atoms with Gasteiger partial charge in [0, 0.05) is 36.3 Å². The molecule has 0 aliphatic rings. The number of rotatable bonds is 5. The van der Waals surface area contributed by atoms with E-state index in [1.165, 1.54) is 22.2 Å². The molecule has 0 radical (unpaired) electrons. The lowest BCUT2D eigenvalue weighted by Crippen LogP contribution is -2.30. The van der Waals surface area contributed by atoms with Gasteiger partial charge in [0.15, 0.2) is 0 Å². The second kappa shape index (κ2) is 6.48. The summed E-state index contributed by atoms with van der Waals surface area (Å²) in [5, 5.41) is 8.05. The topological polar surface area (TPSA) is 79.8 Å². The molecule has 6 nitrogen and oxygen atoms in total. The van der Waals surface area contributed by atoms with Gasteiger partial charge in [-0.3, -0.25) is 9.59 Å². The number of carbonyl (C=O) groups excluding carboxylic acids is 1. The van der Waals surface area contributed by atoms with E-state index >= 15 is 0 Å². The van der Waals surface area contributed by atoms with E-state index in [1.807, 2.05) is 31.3 Å². The van der Waals surface area contributed by atoms with E-state index in [9.17, 15) is 9.59 Å². The van der Waals surface area contributed by atoms with E-state index in [0.717, 1.165) is 17.5 Å². The number of nitrogens with zero attached hydrogens (tertiary/aromatic N) is 2. The molecule has 0 saturated carbocycles. The van der Waals surface area contributed by atoms with Gasteiger partial charge in [0.2, 0.25) is 0 Å². The molecule has 2 heterocycles. The van der Waals surface area contributed by atoms with Crippen LogP contribution < -0.4 is 10.9 Å². The number of aromatic amines is 1. The van der Waals surface area contributed by atoms with Gasteiger partial charge in [-0.05, 0) is 31.0 Å². The molecule has 2 aromatic heterocycles. The first-order valence-corrected chi connectivity index (χ1v) is 7.60. The van der Waals surface area contributed by atoms with Gasteiger partial charge >= 0.3 is 0 Å². The van der Waals surface area contributed by atoms with Gasteiger partial charge in [-0.1, -0.05) is 18.2 Å². The Labute approximate surface area is 133 Å². The number of benzene rings is 1. The molecule has 0 saturated heterocycles. The average molecular weight is 310 g/mol. The van der Waals surface area contributed by atoms with Crippen LogP contribution in [0.2, 0.25) is 0 Å². The molecule has 0 bridgehead atoms. The van der Waals surface area contributed by atoms with Crippen LogP contribution >= 0.6 is 0 Å². The Kier molecular flexibility index (Phi) is 4.23. The number of aryl methyl sites for hydroxylation is 1. The monoisotopic (exact) mass is 310 g/mol. The molecule has 1 aromatic carbocycles. The SMILES string of the molecule is CCn1nc(C(=O)NCCc2c[nH]c3ccccc23)ccc1=O. The molecule has 0 aliphatic carbocycles. The van der Waals surface area contributed by atoms with Crippen LogP contribution in [0.15, 0.2) is 47.4 Å². The Morgan fingerprint density at radius 2 is 2.09 bits per heavy atom. The summed E-state index contributed by atoms with van der Waals surface area (Å²) in [5.41, 5.74) is 2.30. The maximum atomic E-state index is 12.1. The third-order valence-electron chi connectivity index (χ3n) is 3.75. The van der Waals surface area contributed by atoms with E-state index in [4.69, 9.17) is 0 Å². The third kappa shape index (κ3) is 3.15. The molecule has 0 atom stereocenters. The molecule has 1 amide bonds. The van der Waals surface area contributed by atoms with Crippen LogP contribution in [0.5, 0.6) is 0 Å². The van der Waals surface area contributed by atoms with Gasteiger partial charge in [0.1, 0.15) is 5.69 Å². The zero-order valence-corrected chi connectivity index (χ0v) is 12.9. The zero-order chi connectivity index (χ0) is 16.2. The van der Waals surface area contributed by atoms with Crippen LogP contribution in [-0.4, -0.2) is 27.2 Å². The van der Waals surface area contributed by atoms with Crippen molar-refractivity contribution in [1.29, 1.82) is 0 Å². The predicted molar refractivity (Wildman–Crippen MR) is 88.5 cm³/mol.